The van der Waals surface area contributed by atoms with E-state index in [0.29, 0.717) is 11.2 Å². The molecule has 0 bridgehead atoms. The number of benzene rings is 2. The first kappa shape index (κ1) is 13.2. The predicted molar refractivity (Wildman–Crippen MR) is 69.0 cm³/mol. The quantitative estimate of drug-likeness (QED) is 0.485. The Bertz CT molecular complexity index is 628. The van der Waals surface area contributed by atoms with Crippen molar-refractivity contribution in [2.24, 2.45) is 0 Å². The van der Waals surface area contributed by atoms with Crippen LogP contribution in [0.15, 0.2) is 52.3 Å². The highest BCUT2D eigenvalue weighted by molar-refractivity contribution is 7.99. The summed E-state index contributed by atoms with van der Waals surface area (Å²) in [6.45, 7) is 0. The van der Waals surface area contributed by atoms with Crippen LogP contribution in [-0.2, 0) is 0 Å². The van der Waals surface area contributed by atoms with Gasteiger partial charge in [-0.05, 0) is 30.3 Å². The van der Waals surface area contributed by atoms with Crippen LogP contribution in [-0.4, -0.2) is 11.2 Å². The Morgan fingerprint density at radius 3 is 2.37 bits per heavy atom. The maximum atomic E-state index is 13.2. The number of nitrogens with zero attached hydrogens (tertiary/aromatic N) is 1. The third-order valence-electron chi connectivity index (χ3n) is 2.31. The summed E-state index contributed by atoms with van der Waals surface area (Å²) in [6.07, 6.45) is 0.572. The molecule has 0 heterocycles. The van der Waals surface area contributed by atoms with Gasteiger partial charge in [-0.15, -0.1) is 0 Å². The maximum Gasteiger partial charge on any atom is 0.269 e. The molecule has 6 heteroatoms. The molecule has 0 aliphatic rings. The third kappa shape index (κ3) is 3.38. The summed E-state index contributed by atoms with van der Waals surface area (Å²) in [5.41, 5.74) is 0.251. The summed E-state index contributed by atoms with van der Waals surface area (Å²) in [7, 11) is 0. The second kappa shape index (κ2) is 5.62. The first-order valence-electron chi connectivity index (χ1n) is 5.26. The molecular weight excluding hydrogens is 269 g/mol. The maximum absolute atomic E-state index is 13.2. The number of carbonyl (C=O) groups excluding carboxylic acids is 1. The van der Waals surface area contributed by atoms with Gasteiger partial charge >= 0.3 is 0 Å². The molecule has 0 saturated heterocycles. The van der Waals surface area contributed by atoms with Crippen molar-refractivity contribution in [2.45, 2.75) is 9.79 Å². The van der Waals surface area contributed by atoms with Gasteiger partial charge in [0, 0.05) is 27.5 Å². The van der Waals surface area contributed by atoms with Crippen LogP contribution in [0.3, 0.4) is 0 Å². The molecular formula is C13H8FNO3S. The van der Waals surface area contributed by atoms with E-state index in [2.05, 4.69) is 0 Å². The Kier molecular flexibility index (Phi) is 3.91. The van der Waals surface area contributed by atoms with Gasteiger partial charge in [-0.25, -0.2) is 4.39 Å². The second-order valence-electron chi connectivity index (χ2n) is 3.69. The summed E-state index contributed by atoms with van der Waals surface area (Å²) in [6, 6.07) is 9.92. The van der Waals surface area contributed by atoms with Crippen LogP contribution in [0.25, 0.3) is 0 Å². The van der Waals surface area contributed by atoms with E-state index < -0.39 is 10.7 Å². The number of nitro groups is 1. The Hall–Kier alpha value is -2.21. The van der Waals surface area contributed by atoms with Crippen LogP contribution < -0.4 is 0 Å². The predicted octanol–water partition coefficient (Wildman–Crippen LogP) is 3.70. The van der Waals surface area contributed by atoms with Crippen molar-refractivity contribution < 1.29 is 14.1 Å². The first-order valence-corrected chi connectivity index (χ1v) is 6.08. The molecule has 0 aliphatic carbocycles. The fraction of sp³-hybridized carbons (Fsp3) is 0. The van der Waals surface area contributed by atoms with Crippen LogP contribution in [0, 0.1) is 15.9 Å². The van der Waals surface area contributed by atoms with Gasteiger partial charge in [-0.1, -0.05) is 11.8 Å². The van der Waals surface area contributed by atoms with Crippen molar-refractivity contribution in [3.63, 3.8) is 0 Å². The standard InChI is InChI=1S/C13H8FNO3S/c14-10-5-9(8-16)6-13(7-10)19-12-3-1-11(2-4-12)15(17)18/h1-8H. The fourth-order valence-corrected chi connectivity index (χ4v) is 2.39. The van der Waals surface area contributed by atoms with Gasteiger partial charge in [0.2, 0.25) is 0 Å². The fourth-order valence-electron chi connectivity index (χ4n) is 1.48. The molecule has 0 amide bonds. The highest BCUT2D eigenvalue weighted by atomic mass is 32.2. The molecule has 96 valence electrons. The zero-order chi connectivity index (χ0) is 13.8. The molecule has 0 radical (unpaired) electrons. The van der Waals surface area contributed by atoms with Gasteiger partial charge in [0.1, 0.15) is 12.1 Å². The number of halogens is 1. The summed E-state index contributed by atoms with van der Waals surface area (Å²) in [4.78, 5) is 22.0. The topological polar surface area (TPSA) is 60.2 Å². The Morgan fingerprint density at radius 1 is 1.11 bits per heavy atom. The molecule has 0 atom stereocenters. The van der Waals surface area contributed by atoms with E-state index in [1.165, 1.54) is 30.0 Å². The molecule has 2 rings (SSSR count). The van der Waals surface area contributed by atoms with Gasteiger partial charge in [0.05, 0.1) is 4.92 Å². The summed E-state index contributed by atoms with van der Waals surface area (Å²) in [5.74, 6) is -0.492. The second-order valence-corrected chi connectivity index (χ2v) is 4.84. The van der Waals surface area contributed by atoms with E-state index in [4.69, 9.17) is 0 Å². The normalized spacial score (nSPS) is 10.2. The molecule has 0 aromatic heterocycles. The van der Waals surface area contributed by atoms with Crippen LogP contribution >= 0.6 is 11.8 Å². The van der Waals surface area contributed by atoms with Gasteiger partial charge in [-0.2, -0.15) is 0 Å². The van der Waals surface area contributed by atoms with Crippen molar-refractivity contribution in [1.29, 1.82) is 0 Å². The minimum atomic E-state index is -0.492. The first-order chi connectivity index (χ1) is 9.08. The van der Waals surface area contributed by atoms with Crippen LogP contribution in [0.1, 0.15) is 10.4 Å². The smallest absolute Gasteiger partial charge is 0.269 e. The van der Waals surface area contributed by atoms with Crippen LogP contribution in [0.4, 0.5) is 10.1 Å². The van der Waals surface area contributed by atoms with E-state index in [0.717, 1.165) is 11.0 Å². The van der Waals surface area contributed by atoms with Crippen molar-refractivity contribution in [3.05, 3.63) is 64.0 Å². The van der Waals surface area contributed by atoms with Gasteiger partial charge in [0.15, 0.2) is 0 Å². The van der Waals surface area contributed by atoms with E-state index in [1.54, 1.807) is 18.2 Å². The van der Waals surface area contributed by atoms with Gasteiger partial charge in [0.25, 0.3) is 5.69 Å². The lowest BCUT2D eigenvalue weighted by atomic mass is 10.2. The average molecular weight is 277 g/mol. The Labute approximate surface area is 112 Å². The monoisotopic (exact) mass is 277 g/mol. The van der Waals surface area contributed by atoms with E-state index >= 15 is 0 Å². The zero-order valence-electron chi connectivity index (χ0n) is 9.58. The third-order valence-corrected chi connectivity index (χ3v) is 3.29. The molecule has 0 unspecified atom stereocenters. The number of hydrogen-bond donors (Lipinski definition) is 0. The van der Waals surface area contributed by atoms with Crippen molar-refractivity contribution in [3.8, 4) is 0 Å². The summed E-state index contributed by atoms with van der Waals surface area (Å²) >= 11 is 1.23. The molecule has 2 aromatic carbocycles. The molecule has 0 saturated carbocycles. The van der Waals surface area contributed by atoms with Crippen molar-refractivity contribution in [2.75, 3.05) is 0 Å². The SMILES string of the molecule is O=Cc1cc(F)cc(Sc2ccc([N+](=O)[O-])cc2)c1. The number of non-ortho nitro benzene ring substituents is 1. The number of aldehydes is 1. The van der Waals surface area contributed by atoms with Crippen molar-refractivity contribution in [1.82, 2.24) is 0 Å². The Morgan fingerprint density at radius 2 is 1.79 bits per heavy atom. The van der Waals surface area contributed by atoms with E-state index in [1.807, 2.05) is 0 Å². The molecule has 4 nitrogen and oxygen atoms in total. The number of rotatable bonds is 4. The number of nitro benzene ring substituents is 1. The average Bonchev–Trinajstić information content (AvgIpc) is 2.38. The van der Waals surface area contributed by atoms with Crippen LogP contribution in [0.5, 0.6) is 0 Å². The van der Waals surface area contributed by atoms with Crippen molar-refractivity contribution >= 4 is 23.7 Å². The summed E-state index contributed by atoms with van der Waals surface area (Å²) in [5, 5.41) is 10.5. The largest absolute Gasteiger partial charge is 0.298 e. The lowest BCUT2D eigenvalue weighted by Crippen LogP contribution is -1.87. The minimum absolute atomic E-state index is 0.00262. The molecule has 0 aliphatic heterocycles. The molecule has 2 aromatic rings. The zero-order valence-corrected chi connectivity index (χ0v) is 10.4. The Balaban J connectivity index is 2.23. The summed E-state index contributed by atoms with van der Waals surface area (Å²) < 4.78 is 13.2. The highest BCUT2D eigenvalue weighted by Crippen LogP contribution is 2.29. The van der Waals surface area contributed by atoms with E-state index in [-0.39, 0.29) is 11.3 Å². The molecule has 0 spiro atoms. The molecule has 0 fully saturated rings. The number of hydrogen-bond acceptors (Lipinski definition) is 4. The van der Waals surface area contributed by atoms with Gasteiger partial charge < -0.3 is 0 Å². The number of carbonyl (C=O) groups is 1. The lowest BCUT2D eigenvalue weighted by molar-refractivity contribution is -0.384. The van der Waals surface area contributed by atoms with Gasteiger partial charge in [-0.3, -0.25) is 14.9 Å². The lowest BCUT2D eigenvalue weighted by Gasteiger charge is -2.03. The van der Waals surface area contributed by atoms with Crippen LogP contribution in [0.2, 0.25) is 0 Å². The minimum Gasteiger partial charge on any atom is -0.298 e. The molecule has 0 N–H and O–H groups in total. The molecule has 19 heavy (non-hydrogen) atoms. The van der Waals surface area contributed by atoms with E-state index in [9.17, 15) is 19.3 Å². The highest BCUT2D eigenvalue weighted by Gasteiger charge is 2.06.